The number of hydrogen-bond donors (Lipinski definition) is 2. The van der Waals surface area contributed by atoms with E-state index in [0.29, 0.717) is 18.1 Å². The van der Waals surface area contributed by atoms with Gasteiger partial charge in [-0.2, -0.15) is 13.2 Å². The molecule has 1 unspecified atom stereocenters. The Labute approximate surface area is 168 Å². The number of aromatic amines is 1. The topological polar surface area (TPSA) is 51.0 Å². The van der Waals surface area contributed by atoms with Gasteiger partial charge in [0, 0.05) is 29.6 Å². The fourth-order valence-electron chi connectivity index (χ4n) is 4.46. The Balaban J connectivity index is 1.68. The summed E-state index contributed by atoms with van der Waals surface area (Å²) in [6, 6.07) is 14.9. The number of ether oxygens (including phenoxy) is 1. The highest BCUT2D eigenvalue weighted by Crippen LogP contribution is 2.45. The molecule has 0 bridgehead atoms. The van der Waals surface area contributed by atoms with Crippen molar-refractivity contribution in [1.82, 2.24) is 4.98 Å². The van der Waals surface area contributed by atoms with Crippen molar-refractivity contribution in [2.75, 3.05) is 6.61 Å². The van der Waals surface area contributed by atoms with Gasteiger partial charge in [0.25, 0.3) is 0 Å². The minimum absolute atomic E-state index is 0.251. The van der Waals surface area contributed by atoms with Crippen LogP contribution >= 0.6 is 0 Å². The lowest BCUT2D eigenvalue weighted by atomic mass is 9.71. The molecule has 0 aliphatic carbocycles. The van der Waals surface area contributed by atoms with Crippen molar-refractivity contribution < 1.29 is 17.9 Å². The van der Waals surface area contributed by atoms with E-state index in [9.17, 15) is 13.2 Å². The molecule has 2 heterocycles. The SMILES string of the molecule is CC(C)(CC(N)(Cc1cc2ccccc2[nH]1)C(F)(F)F)c1cccc2c1OCC2. The average molecular weight is 402 g/mol. The van der Waals surface area contributed by atoms with E-state index in [1.165, 1.54) is 0 Å². The number of benzene rings is 2. The lowest BCUT2D eigenvalue weighted by Crippen LogP contribution is -2.58. The molecule has 29 heavy (non-hydrogen) atoms. The van der Waals surface area contributed by atoms with Gasteiger partial charge in [0.2, 0.25) is 0 Å². The Hall–Kier alpha value is -2.47. The number of halogens is 3. The predicted octanol–water partition coefficient (Wildman–Crippen LogP) is 5.27. The number of alkyl halides is 3. The number of para-hydroxylation sites is 2. The lowest BCUT2D eigenvalue weighted by Gasteiger charge is -2.39. The molecule has 154 valence electrons. The second kappa shape index (κ2) is 6.80. The molecule has 3 aromatic rings. The van der Waals surface area contributed by atoms with Gasteiger partial charge in [0.05, 0.1) is 6.61 Å². The van der Waals surface area contributed by atoms with Gasteiger partial charge < -0.3 is 15.5 Å². The third-order valence-electron chi connectivity index (χ3n) is 5.86. The van der Waals surface area contributed by atoms with Crippen LogP contribution in [0.15, 0.2) is 48.5 Å². The fourth-order valence-corrected chi connectivity index (χ4v) is 4.46. The summed E-state index contributed by atoms with van der Waals surface area (Å²) >= 11 is 0. The lowest BCUT2D eigenvalue weighted by molar-refractivity contribution is -0.191. The van der Waals surface area contributed by atoms with Crippen LogP contribution in [0.25, 0.3) is 10.9 Å². The molecule has 0 saturated heterocycles. The van der Waals surface area contributed by atoms with Crippen LogP contribution < -0.4 is 10.5 Å². The van der Waals surface area contributed by atoms with E-state index in [-0.39, 0.29) is 12.8 Å². The Kier molecular flexibility index (Phi) is 4.65. The number of aromatic nitrogens is 1. The van der Waals surface area contributed by atoms with E-state index in [2.05, 4.69) is 4.98 Å². The van der Waals surface area contributed by atoms with Gasteiger partial charge in [-0.1, -0.05) is 50.2 Å². The summed E-state index contributed by atoms with van der Waals surface area (Å²) in [6.45, 7) is 4.18. The van der Waals surface area contributed by atoms with Crippen molar-refractivity contribution in [2.45, 2.75) is 50.2 Å². The van der Waals surface area contributed by atoms with Crippen LogP contribution in [0.1, 0.15) is 37.1 Å². The quantitative estimate of drug-likeness (QED) is 0.611. The summed E-state index contributed by atoms with van der Waals surface area (Å²) in [5.74, 6) is 0.715. The van der Waals surface area contributed by atoms with Crippen LogP contribution in [0.5, 0.6) is 5.75 Å². The van der Waals surface area contributed by atoms with Crippen LogP contribution in [0.3, 0.4) is 0 Å². The summed E-state index contributed by atoms with van der Waals surface area (Å²) in [4.78, 5) is 3.09. The molecular weight excluding hydrogens is 377 g/mol. The van der Waals surface area contributed by atoms with E-state index < -0.39 is 17.1 Å². The molecule has 0 amide bonds. The van der Waals surface area contributed by atoms with E-state index in [0.717, 1.165) is 28.5 Å². The monoisotopic (exact) mass is 402 g/mol. The minimum atomic E-state index is -4.56. The van der Waals surface area contributed by atoms with Crippen molar-refractivity contribution in [3.05, 3.63) is 65.4 Å². The molecule has 4 rings (SSSR count). The van der Waals surface area contributed by atoms with Crippen molar-refractivity contribution in [1.29, 1.82) is 0 Å². The molecule has 0 radical (unpaired) electrons. The number of H-pyrrole nitrogens is 1. The summed E-state index contributed by atoms with van der Waals surface area (Å²) in [5, 5.41) is 0.876. The van der Waals surface area contributed by atoms with Crippen LogP contribution in [0.4, 0.5) is 13.2 Å². The van der Waals surface area contributed by atoms with Gasteiger partial charge in [0.1, 0.15) is 11.3 Å². The zero-order chi connectivity index (χ0) is 20.9. The molecular formula is C23H25F3N2O. The highest BCUT2D eigenvalue weighted by atomic mass is 19.4. The molecule has 3 N–H and O–H groups in total. The molecule has 0 spiro atoms. The van der Waals surface area contributed by atoms with Crippen molar-refractivity contribution in [3.8, 4) is 5.75 Å². The first-order valence-electron chi connectivity index (χ1n) is 9.76. The van der Waals surface area contributed by atoms with Crippen LogP contribution in [-0.4, -0.2) is 23.3 Å². The van der Waals surface area contributed by atoms with E-state index in [1.54, 1.807) is 6.07 Å². The summed E-state index contributed by atoms with van der Waals surface area (Å²) in [5.41, 5.74) is 6.03. The number of nitrogens with two attached hydrogens (primary N) is 1. The Bertz CT molecular complexity index is 1010. The number of rotatable bonds is 5. The molecule has 6 heteroatoms. The Morgan fingerprint density at radius 2 is 1.83 bits per heavy atom. The normalized spacial score (nSPS) is 16.5. The van der Waals surface area contributed by atoms with Crippen LogP contribution in [-0.2, 0) is 18.3 Å². The number of hydrogen-bond acceptors (Lipinski definition) is 2. The Morgan fingerprint density at radius 3 is 2.55 bits per heavy atom. The van der Waals surface area contributed by atoms with E-state index in [1.807, 2.05) is 56.3 Å². The van der Waals surface area contributed by atoms with Crippen molar-refractivity contribution >= 4 is 10.9 Å². The molecule has 1 aliphatic heterocycles. The first-order chi connectivity index (χ1) is 13.6. The number of fused-ring (bicyclic) bond motifs is 2. The zero-order valence-corrected chi connectivity index (χ0v) is 16.6. The second-order valence-corrected chi connectivity index (χ2v) is 8.67. The molecule has 0 saturated carbocycles. The highest BCUT2D eigenvalue weighted by molar-refractivity contribution is 5.80. The average Bonchev–Trinajstić information content (AvgIpc) is 3.25. The van der Waals surface area contributed by atoms with Gasteiger partial charge in [0.15, 0.2) is 0 Å². The molecule has 1 aromatic heterocycles. The molecule has 1 aliphatic rings. The van der Waals surface area contributed by atoms with Gasteiger partial charge in [-0.05, 0) is 34.9 Å². The number of nitrogens with one attached hydrogen (secondary N) is 1. The van der Waals surface area contributed by atoms with Crippen molar-refractivity contribution in [2.24, 2.45) is 5.73 Å². The van der Waals surface area contributed by atoms with Gasteiger partial charge in [-0.15, -0.1) is 0 Å². The van der Waals surface area contributed by atoms with Crippen LogP contribution in [0, 0.1) is 0 Å². The molecule has 0 fully saturated rings. The smallest absolute Gasteiger partial charge is 0.406 e. The minimum Gasteiger partial charge on any atom is -0.493 e. The second-order valence-electron chi connectivity index (χ2n) is 8.67. The predicted molar refractivity (Wildman–Crippen MR) is 108 cm³/mol. The maximum atomic E-state index is 14.2. The summed E-state index contributed by atoms with van der Waals surface area (Å²) in [7, 11) is 0. The first-order valence-corrected chi connectivity index (χ1v) is 9.76. The summed E-state index contributed by atoms with van der Waals surface area (Å²) in [6.07, 6.45) is -4.34. The standard InChI is InChI=1S/C23H25F3N2O/c1-21(2,18-8-5-7-15-10-11-29-20(15)18)14-22(27,23(24,25)26)13-17-12-16-6-3-4-9-19(16)28-17/h3-9,12,28H,10-11,13-14,27H2,1-2H3. The molecule has 2 aromatic carbocycles. The summed E-state index contributed by atoms with van der Waals surface area (Å²) < 4.78 is 48.3. The zero-order valence-electron chi connectivity index (χ0n) is 16.6. The van der Waals surface area contributed by atoms with E-state index in [4.69, 9.17) is 10.5 Å². The highest BCUT2D eigenvalue weighted by Gasteiger charge is 2.54. The molecule has 1 atom stereocenters. The first kappa shape index (κ1) is 19.8. The third kappa shape index (κ3) is 3.62. The fraction of sp³-hybridized carbons (Fsp3) is 0.391. The van der Waals surface area contributed by atoms with E-state index >= 15 is 0 Å². The van der Waals surface area contributed by atoms with Crippen molar-refractivity contribution in [3.63, 3.8) is 0 Å². The molecule has 3 nitrogen and oxygen atoms in total. The maximum Gasteiger partial charge on any atom is 0.406 e. The Morgan fingerprint density at radius 1 is 1.07 bits per heavy atom. The van der Waals surface area contributed by atoms with Gasteiger partial charge in [-0.3, -0.25) is 0 Å². The third-order valence-corrected chi connectivity index (χ3v) is 5.86. The van der Waals surface area contributed by atoms with Crippen LogP contribution in [0.2, 0.25) is 0 Å². The van der Waals surface area contributed by atoms with Gasteiger partial charge >= 0.3 is 6.18 Å². The maximum absolute atomic E-state index is 14.2. The van der Waals surface area contributed by atoms with Gasteiger partial charge in [-0.25, -0.2) is 0 Å². The largest absolute Gasteiger partial charge is 0.493 e.